The van der Waals surface area contributed by atoms with Gasteiger partial charge in [0.15, 0.2) is 0 Å². The van der Waals surface area contributed by atoms with E-state index in [0.717, 1.165) is 71.5 Å². The molecule has 5 rings (SSSR count). The summed E-state index contributed by atoms with van der Waals surface area (Å²) in [6.07, 6.45) is 5.73. The molecule has 0 bridgehead atoms. The summed E-state index contributed by atoms with van der Waals surface area (Å²) in [5, 5.41) is 26.0. The largest absolute Gasteiger partial charge is 0.493 e. The van der Waals surface area contributed by atoms with Crippen molar-refractivity contribution in [3.63, 3.8) is 0 Å². The van der Waals surface area contributed by atoms with Crippen molar-refractivity contribution in [1.82, 2.24) is 15.6 Å². The van der Waals surface area contributed by atoms with Gasteiger partial charge in [-0.05, 0) is 85.7 Å². The van der Waals surface area contributed by atoms with Gasteiger partial charge in [0.25, 0.3) is 0 Å². The summed E-state index contributed by atoms with van der Waals surface area (Å²) < 4.78 is 18.5. The lowest BCUT2D eigenvalue weighted by molar-refractivity contribution is -0.120. The first-order valence-electron chi connectivity index (χ1n) is 16.1. The molecule has 250 valence electrons. The van der Waals surface area contributed by atoms with E-state index in [1.807, 2.05) is 24.3 Å². The second-order valence-corrected chi connectivity index (χ2v) is 12.6. The van der Waals surface area contributed by atoms with Gasteiger partial charge in [-0.3, -0.25) is 9.78 Å². The van der Waals surface area contributed by atoms with Gasteiger partial charge in [-0.25, -0.2) is 0 Å². The Morgan fingerprint density at radius 1 is 1.00 bits per heavy atom. The van der Waals surface area contributed by atoms with Gasteiger partial charge < -0.3 is 30.0 Å². The Balaban J connectivity index is 1.26. The molecule has 1 saturated heterocycles. The summed E-state index contributed by atoms with van der Waals surface area (Å²) in [7, 11) is 0. The number of amides is 1. The van der Waals surface area contributed by atoms with Gasteiger partial charge in [-0.2, -0.15) is 5.26 Å². The van der Waals surface area contributed by atoms with Crippen LogP contribution in [-0.4, -0.2) is 41.2 Å². The second-order valence-electron chi connectivity index (χ2n) is 12.2. The van der Waals surface area contributed by atoms with Gasteiger partial charge in [-0.15, -0.1) is 0 Å². The van der Waals surface area contributed by atoms with Crippen LogP contribution in [0.15, 0.2) is 67.0 Å². The molecular weight excluding hydrogens is 628 g/mol. The highest BCUT2D eigenvalue weighted by molar-refractivity contribution is 6.32. The van der Waals surface area contributed by atoms with E-state index >= 15 is 0 Å². The van der Waals surface area contributed by atoms with Crippen molar-refractivity contribution in [1.29, 1.82) is 5.26 Å². The zero-order valence-corrected chi connectivity index (χ0v) is 28.3. The molecule has 1 fully saturated rings. The fraction of sp³-hybridized carbons (Fsp3) is 0.342. The molecular formula is C38H41ClN4O5. The van der Waals surface area contributed by atoms with Gasteiger partial charge in [-0.1, -0.05) is 41.9 Å². The number of aliphatic hydroxyl groups is 1. The first kappa shape index (κ1) is 34.7. The monoisotopic (exact) mass is 668 g/mol. The molecule has 0 aliphatic carbocycles. The number of ether oxygens (including phenoxy) is 3. The number of carbonyl (C=O) groups is 1. The fourth-order valence-electron chi connectivity index (χ4n) is 6.18. The van der Waals surface area contributed by atoms with Crippen molar-refractivity contribution < 1.29 is 24.1 Å². The molecule has 1 aliphatic rings. The lowest BCUT2D eigenvalue weighted by Crippen LogP contribution is -2.49. The number of nitriles is 1. The maximum Gasteiger partial charge on any atom is 0.217 e. The molecule has 1 aliphatic heterocycles. The van der Waals surface area contributed by atoms with E-state index in [9.17, 15) is 9.90 Å². The molecule has 1 amide bonds. The minimum atomic E-state index is -0.259. The molecule has 3 N–H and O–H groups in total. The smallest absolute Gasteiger partial charge is 0.217 e. The van der Waals surface area contributed by atoms with Crippen LogP contribution in [0.5, 0.6) is 17.2 Å². The summed E-state index contributed by atoms with van der Waals surface area (Å²) in [6.45, 7) is 8.14. The number of aliphatic hydroxyl groups excluding tert-OH is 1. The topological polar surface area (TPSA) is 126 Å². The van der Waals surface area contributed by atoms with Gasteiger partial charge in [0, 0.05) is 43.1 Å². The van der Waals surface area contributed by atoms with Crippen LogP contribution >= 0.6 is 11.6 Å². The van der Waals surface area contributed by atoms with Crippen LogP contribution in [0.3, 0.4) is 0 Å². The van der Waals surface area contributed by atoms with Gasteiger partial charge in [0.2, 0.25) is 5.91 Å². The van der Waals surface area contributed by atoms with E-state index in [1.165, 1.54) is 6.20 Å². The Labute approximate surface area is 286 Å². The van der Waals surface area contributed by atoms with Crippen molar-refractivity contribution in [3.8, 4) is 34.4 Å². The van der Waals surface area contributed by atoms with Gasteiger partial charge in [0.05, 0.1) is 29.3 Å². The fourth-order valence-corrected chi connectivity index (χ4v) is 6.42. The van der Waals surface area contributed by atoms with Crippen molar-refractivity contribution in [2.24, 2.45) is 0 Å². The Bertz CT molecular complexity index is 1800. The molecule has 0 unspecified atom stereocenters. The average Bonchev–Trinajstić information content (AvgIpc) is 3.54. The van der Waals surface area contributed by atoms with Crippen molar-refractivity contribution in [2.45, 2.75) is 65.4 Å². The second kappa shape index (κ2) is 16.0. The van der Waals surface area contributed by atoms with Crippen LogP contribution in [-0.2, 0) is 24.6 Å². The summed E-state index contributed by atoms with van der Waals surface area (Å²) in [4.78, 5) is 15.8. The highest BCUT2D eigenvalue weighted by atomic mass is 35.5. The number of aromatic nitrogens is 1. The normalized spacial score (nSPS) is 15.5. The van der Waals surface area contributed by atoms with Crippen molar-refractivity contribution in [3.05, 3.63) is 105 Å². The predicted octanol–water partition coefficient (Wildman–Crippen LogP) is 6.57. The van der Waals surface area contributed by atoms with Crippen LogP contribution in [0.1, 0.15) is 59.6 Å². The van der Waals surface area contributed by atoms with E-state index in [-0.39, 0.29) is 31.3 Å². The van der Waals surface area contributed by atoms with Crippen molar-refractivity contribution >= 4 is 17.5 Å². The molecule has 10 heteroatoms. The average molecular weight is 669 g/mol. The number of rotatable bonds is 14. The lowest BCUT2D eigenvalue weighted by atomic mass is 9.92. The zero-order valence-electron chi connectivity index (χ0n) is 27.6. The third-order valence-corrected chi connectivity index (χ3v) is 9.04. The summed E-state index contributed by atoms with van der Waals surface area (Å²) >= 11 is 6.55. The maximum atomic E-state index is 11.8. The SMILES string of the molecule is CC(=O)N[C@]1(CCCOc2cccc(-c3cccc(COc4cc(OCc5cncc(C#N)c5)c(CO)cc4Cl)c3C)c2C)CCNC1. The Morgan fingerprint density at radius 2 is 1.77 bits per heavy atom. The first-order valence-corrected chi connectivity index (χ1v) is 16.4. The minimum absolute atomic E-state index is 0.000978. The first-order chi connectivity index (χ1) is 23.2. The van der Waals surface area contributed by atoms with Crippen molar-refractivity contribution in [2.75, 3.05) is 19.7 Å². The molecule has 2 heterocycles. The Kier molecular flexibility index (Phi) is 11.6. The molecule has 4 aromatic rings. The summed E-state index contributed by atoms with van der Waals surface area (Å²) in [5.74, 6) is 1.70. The third-order valence-electron chi connectivity index (χ3n) is 8.75. The van der Waals surface area contributed by atoms with Crippen LogP contribution in [0.25, 0.3) is 11.1 Å². The maximum absolute atomic E-state index is 11.8. The molecule has 1 atom stereocenters. The number of nitrogens with zero attached hydrogens (tertiary/aromatic N) is 2. The standard InChI is InChI=1S/C38H41ClN4O5/c1-25-30(23-48-37-17-36(31(21-44)16-34(37)39)47-22-29-15-28(18-40)19-42-20-29)7-4-8-32(25)33-9-5-10-35(26(33)2)46-14-6-11-38(43-27(3)45)12-13-41-24-38/h4-5,7-10,15-17,19-20,41,44H,6,11-14,21-24H2,1-3H3,(H,43,45)/t38-/m1/s1. The number of hydrogen-bond donors (Lipinski definition) is 3. The summed E-state index contributed by atoms with van der Waals surface area (Å²) in [5.41, 5.74) is 6.78. The highest BCUT2D eigenvalue weighted by Crippen LogP contribution is 2.36. The predicted molar refractivity (Wildman–Crippen MR) is 185 cm³/mol. The number of nitrogens with one attached hydrogen (secondary N) is 2. The number of carbonyl (C=O) groups excluding carboxylic acids is 1. The molecule has 0 spiro atoms. The molecule has 0 saturated carbocycles. The molecule has 0 radical (unpaired) electrons. The Morgan fingerprint density at radius 3 is 2.50 bits per heavy atom. The van der Waals surface area contributed by atoms with E-state index in [4.69, 9.17) is 31.1 Å². The van der Waals surface area contributed by atoms with Gasteiger partial charge in [0.1, 0.15) is 36.5 Å². The number of hydrogen-bond acceptors (Lipinski definition) is 8. The number of pyridine rings is 1. The molecule has 3 aromatic carbocycles. The minimum Gasteiger partial charge on any atom is -0.493 e. The summed E-state index contributed by atoms with van der Waals surface area (Å²) in [6, 6.07) is 19.3. The van der Waals surface area contributed by atoms with Crippen LogP contribution < -0.4 is 24.8 Å². The van der Waals surface area contributed by atoms with E-state index in [2.05, 4.69) is 47.7 Å². The van der Waals surface area contributed by atoms with Crippen LogP contribution in [0.4, 0.5) is 0 Å². The highest BCUT2D eigenvalue weighted by Gasteiger charge is 2.33. The number of benzene rings is 3. The van der Waals surface area contributed by atoms with Gasteiger partial charge >= 0.3 is 0 Å². The lowest BCUT2D eigenvalue weighted by Gasteiger charge is -2.29. The third kappa shape index (κ3) is 8.45. The molecule has 48 heavy (non-hydrogen) atoms. The van der Waals surface area contributed by atoms with Crippen LogP contribution in [0.2, 0.25) is 5.02 Å². The quantitative estimate of drug-likeness (QED) is 0.129. The molecule has 9 nitrogen and oxygen atoms in total. The Hall–Kier alpha value is -4.62. The zero-order chi connectivity index (χ0) is 34.1. The van der Waals surface area contributed by atoms with E-state index in [0.29, 0.717) is 34.3 Å². The number of halogens is 1. The van der Waals surface area contributed by atoms with E-state index < -0.39 is 0 Å². The van der Waals surface area contributed by atoms with Crippen LogP contribution in [0, 0.1) is 25.2 Å². The molecule has 1 aromatic heterocycles. The van der Waals surface area contributed by atoms with E-state index in [1.54, 1.807) is 31.3 Å².